The van der Waals surface area contributed by atoms with E-state index in [1.165, 1.54) is 10.4 Å². The highest BCUT2D eigenvalue weighted by atomic mass is 32.2. The molecule has 2 rings (SSSR count). The standard InChI is InChI=1S/C21H28N2O5S/c1-5-23(6-2)29(25,26)20-15-17(8-7-16(20)3)21(24)22-13-14-28-19-11-9-18(27-4)10-12-19/h7-12,15H,5-6,13-14H2,1-4H3,(H,22,24). The van der Waals surface area contributed by atoms with Crippen molar-refractivity contribution >= 4 is 15.9 Å². The first kappa shape index (κ1) is 22.7. The van der Waals surface area contributed by atoms with Gasteiger partial charge in [0.05, 0.1) is 18.6 Å². The van der Waals surface area contributed by atoms with Crippen LogP contribution in [0.15, 0.2) is 47.4 Å². The maximum Gasteiger partial charge on any atom is 0.251 e. The molecule has 2 aromatic rings. The third-order valence-electron chi connectivity index (χ3n) is 4.49. The highest BCUT2D eigenvalue weighted by Crippen LogP contribution is 2.21. The number of carbonyl (C=O) groups is 1. The molecule has 0 aromatic heterocycles. The van der Waals surface area contributed by atoms with Crippen LogP contribution in [-0.4, -0.2) is 52.0 Å². The van der Waals surface area contributed by atoms with Crippen molar-refractivity contribution < 1.29 is 22.7 Å². The summed E-state index contributed by atoms with van der Waals surface area (Å²) in [5.74, 6) is 1.06. The second kappa shape index (κ2) is 10.3. The Morgan fingerprint density at radius 2 is 1.66 bits per heavy atom. The molecule has 0 aliphatic heterocycles. The molecule has 0 aliphatic rings. The molecule has 29 heavy (non-hydrogen) atoms. The molecular formula is C21H28N2O5S. The second-order valence-corrected chi connectivity index (χ2v) is 8.26. The Morgan fingerprint density at radius 3 is 2.24 bits per heavy atom. The molecule has 1 amide bonds. The van der Waals surface area contributed by atoms with Gasteiger partial charge >= 0.3 is 0 Å². The van der Waals surface area contributed by atoms with Crippen LogP contribution in [0.2, 0.25) is 0 Å². The van der Waals surface area contributed by atoms with E-state index < -0.39 is 10.0 Å². The summed E-state index contributed by atoms with van der Waals surface area (Å²) in [4.78, 5) is 12.6. The first-order valence-corrected chi connectivity index (χ1v) is 10.9. The Kier molecular flexibility index (Phi) is 8.04. The summed E-state index contributed by atoms with van der Waals surface area (Å²) in [5, 5.41) is 2.75. The van der Waals surface area contributed by atoms with Gasteiger partial charge in [-0.1, -0.05) is 19.9 Å². The lowest BCUT2D eigenvalue weighted by Crippen LogP contribution is -2.32. The summed E-state index contributed by atoms with van der Waals surface area (Å²) in [5.41, 5.74) is 0.905. The number of nitrogens with one attached hydrogen (secondary N) is 1. The van der Waals surface area contributed by atoms with Gasteiger partial charge in [0.25, 0.3) is 5.91 Å². The lowest BCUT2D eigenvalue weighted by Gasteiger charge is -2.20. The number of hydrogen-bond acceptors (Lipinski definition) is 5. The van der Waals surface area contributed by atoms with Gasteiger partial charge < -0.3 is 14.8 Å². The fourth-order valence-corrected chi connectivity index (χ4v) is 4.54. The summed E-state index contributed by atoms with van der Waals surface area (Å²) in [6.45, 7) is 6.62. The van der Waals surface area contributed by atoms with Gasteiger partial charge in [-0.25, -0.2) is 8.42 Å². The monoisotopic (exact) mass is 420 g/mol. The molecule has 0 bridgehead atoms. The van der Waals surface area contributed by atoms with Crippen LogP contribution in [-0.2, 0) is 10.0 Å². The molecule has 0 radical (unpaired) electrons. The molecule has 2 aromatic carbocycles. The van der Waals surface area contributed by atoms with Crippen molar-refractivity contribution in [3.8, 4) is 11.5 Å². The average Bonchev–Trinajstić information content (AvgIpc) is 2.72. The van der Waals surface area contributed by atoms with Crippen LogP contribution >= 0.6 is 0 Å². The van der Waals surface area contributed by atoms with Gasteiger partial charge in [0.2, 0.25) is 10.0 Å². The van der Waals surface area contributed by atoms with Gasteiger partial charge in [0.15, 0.2) is 0 Å². The number of carbonyl (C=O) groups excluding carboxylic acids is 1. The number of methoxy groups -OCH3 is 1. The molecule has 1 N–H and O–H groups in total. The maximum absolute atomic E-state index is 12.8. The zero-order chi connectivity index (χ0) is 21.4. The zero-order valence-electron chi connectivity index (χ0n) is 17.3. The third-order valence-corrected chi connectivity index (χ3v) is 6.68. The zero-order valence-corrected chi connectivity index (χ0v) is 18.1. The van der Waals surface area contributed by atoms with Gasteiger partial charge in [-0.15, -0.1) is 0 Å². The van der Waals surface area contributed by atoms with Crippen LogP contribution in [0.5, 0.6) is 11.5 Å². The molecule has 7 nitrogen and oxygen atoms in total. The summed E-state index contributed by atoms with van der Waals surface area (Å²) in [6, 6.07) is 11.9. The highest BCUT2D eigenvalue weighted by molar-refractivity contribution is 7.89. The van der Waals surface area contributed by atoms with Crippen LogP contribution in [0, 0.1) is 6.92 Å². The minimum Gasteiger partial charge on any atom is -0.497 e. The van der Waals surface area contributed by atoms with Gasteiger partial charge in [0, 0.05) is 18.7 Å². The Hall–Kier alpha value is -2.58. The number of sulfonamides is 1. The van der Waals surface area contributed by atoms with Crippen LogP contribution in [0.25, 0.3) is 0 Å². The fourth-order valence-electron chi connectivity index (χ4n) is 2.83. The normalized spacial score (nSPS) is 11.3. The maximum atomic E-state index is 12.8. The summed E-state index contributed by atoms with van der Waals surface area (Å²) in [7, 11) is -2.04. The van der Waals surface area contributed by atoms with E-state index >= 15 is 0 Å². The number of rotatable bonds is 10. The average molecular weight is 421 g/mol. The van der Waals surface area contributed by atoms with Gasteiger partial charge in [-0.2, -0.15) is 4.31 Å². The first-order valence-electron chi connectivity index (χ1n) is 9.49. The minimum absolute atomic E-state index is 0.156. The van der Waals surface area contributed by atoms with E-state index in [0.717, 1.165) is 5.75 Å². The second-order valence-electron chi connectivity index (χ2n) is 6.35. The summed E-state index contributed by atoms with van der Waals surface area (Å²) < 4.78 is 37.7. The van der Waals surface area contributed by atoms with Crippen molar-refractivity contribution in [3.05, 3.63) is 53.6 Å². The Morgan fingerprint density at radius 1 is 1.03 bits per heavy atom. The van der Waals surface area contributed by atoms with Crippen molar-refractivity contribution in [2.45, 2.75) is 25.7 Å². The largest absolute Gasteiger partial charge is 0.497 e. The van der Waals surface area contributed by atoms with E-state index in [1.54, 1.807) is 64.3 Å². The number of ether oxygens (including phenoxy) is 2. The molecule has 0 unspecified atom stereocenters. The Balaban J connectivity index is 2.00. The fraction of sp³-hybridized carbons (Fsp3) is 0.381. The predicted molar refractivity (Wildman–Crippen MR) is 112 cm³/mol. The lowest BCUT2D eigenvalue weighted by molar-refractivity contribution is 0.0947. The molecule has 0 saturated carbocycles. The number of amides is 1. The quantitative estimate of drug-likeness (QED) is 0.598. The SMILES string of the molecule is CCN(CC)S(=O)(=O)c1cc(C(=O)NCCOc2ccc(OC)cc2)ccc1C. The molecular weight excluding hydrogens is 392 g/mol. The number of benzene rings is 2. The van der Waals surface area contributed by atoms with Gasteiger partial charge in [-0.05, 0) is 48.9 Å². The third kappa shape index (κ3) is 5.71. The van der Waals surface area contributed by atoms with Crippen LogP contribution in [0.4, 0.5) is 0 Å². The first-order chi connectivity index (χ1) is 13.8. The van der Waals surface area contributed by atoms with E-state index in [2.05, 4.69) is 5.32 Å². The summed E-state index contributed by atoms with van der Waals surface area (Å²) in [6.07, 6.45) is 0. The number of hydrogen-bond donors (Lipinski definition) is 1. The van der Waals surface area contributed by atoms with E-state index in [0.29, 0.717) is 30.0 Å². The van der Waals surface area contributed by atoms with Crippen molar-refractivity contribution in [1.82, 2.24) is 9.62 Å². The number of aryl methyl sites for hydroxylation is 1. The molecule has 8 heteroatoms. The molecule has 0 saturated heterocycles. The molecule has 0 fully saturated rings. The van der Waals surface area contributed by atoms with E-state index in [-0.39, 0.29) is 24.0 Å². The lowest BCUT2D eigenvalue weighted by atomic mass is 10.1. The van der Waals surface area contributed by atoms with Crippen molar-refractivity contribution in [3.63, 3.8) is 0 Å². The molecule has 158 valence electrons. The van der Waals surface area contributed by atoms with Crippen LogP contribution in [0.1, 0.15) is 29.8 Å². The molecule has 0 spiro atoms. The van der Waals surface area contributed by atoms with Gasteiger partial charge in [0.1, 0.15) is 18.1 Å². The van der Waals surface area contributed by atoms with Crippen molar-refractivity contribution in [1.29, 1.82) is 0 Å². The van der Waals surface area contributed by atoms with E-state index in [1.807, 2.05) is 0 Å². The number of nitrogens with zero attached hydrogens (tertiary/aromatic N) is 1. The smallest absolute Gasteiger partial charge is 0.251 e. The Bertz CT molecular complexity index is 923. The van der Waals surface area contributed by atoms with Crippen molar-refractivity contribution in [2.24, 2.45) is 0 Å². The molecule has 0 heterocycles. The molecule has 0 aliphatic carbocycles. The summed E-state index contributed by atoms with van der Waals surface area (Å²) >= 11 is 0. The Labute approximate surface area is 172 Å². The predicted octanol–water partition coefficient (Wildman–Crippen LogP) is 2.84. The molecule has 0 atom stereocenters. The van der Waals surface area contributed by atoms with Crippen LogP contribution in [0.3, 0.4) is 0 Å². The topological polar surface area (TPSA) is 84.9 Å². The van der Waals surface area contributed by atoms with Gasteiger partial charge in [-0.3, -0.25) is 4.79 Å². The van der Waals surface area contributed by atoms with Crippen molar-refractivity contribution in [2.75, 3.05) is 33.4 Å². The van der Waals surface area contributed by atoms with E-state index in [9.17, 15) is 13.2 Å². The highest BCUT2D eigenvalue weighted by Gasteiger charge is 2.24. The van der Waals surface area contributed by atoms with Crippen LogP contribution < -0.4 is 14.8 Å². The van der Waals surface area contributed by atoms with E-state index in [4.69, 9.17) is 9.47 Å². The minimum atomic E-state index is -3.64.